The third kappa shape index (κ3) is 4.72. The van der Waals surface area contributed by atoms with Gasteiger partial charge in [0.1, 0.15) is 6.61 Å². The average Bonchev–Trinajstić information content (AvgIpc) is 2.45. The molecule has 4 nitrogen and oxygen atoms in total. The molecule has 0 saturated heterocycles. The van der Waals surface area contributed by atoms with E-state index in [4.69, 9.17) is 15.2 Å². The van der Waals surface area contributed by atoms with E-state index in [1.54, 1.807) is 19.5 Å². The van der Waals surface area contributed by atoms with Gasteiger partial charge in [-0.25, -0.2) is 0 Å². The van der Waals surface area contributed by atoms with Crippen LogP contribution in [0.15, 0.2) is 41.1 Å². The Morgan fingerprint density at radius 3 is 2.67 bits per heavy atom. The van der Waals surface area contributed by atoms with Gasteiger partial charge in [0.05, 0.1) is 7.11 Å². The van der Waals surface area contributed by atoms with Gasteiger partial charge >= 0.3 is 0 Å². The molecule has 0 aliphatic carbocycles. The van der Waals surface area contributed by atoms with Crippen LogP contribution in [0, 0.1) is 0 Å². The van der Waals surface area contributed by atoms with Crippen molar-refractivity contribution >= 4 is 15.9 Å². The molecule has 0 aliphatic rings. The predicted molar refractivity (Wildman–Crippen MR) is 86.6 cm³/mol. The highest BCUT2D eigenvalue weighted by Crippen LogP contribution is 2.29. The number of hydrogen-bond donors (Lipinski definition) is 1. The van der Waals surface area contributed by atoms with Gasteiger partial charge in [0.2, 0.25) is 0 Å². The molecule has 2 rings (SSSR count). The number of pyridine rings is 1. The highest BCUT2D eigenvalue weighted by Gasteiger charge is 2.08. The molecule has 21 heavy (non-hydrogen) atoms. The summed E-state index contributed by atoms with van der Waals surface area (Å²) in [7, 11) is 1.63. The molecule has 0 bridgehead atoms. The molecule has 1 heterocycles. The van der Waals surface area contributed by atoms with Crippen LogP contribution >= 0.6 is 15.9 Å². The lowest BCUT2D eigenvalue weighted by Gasteiger charge is -2.13. The minimum absolute atomic E-state index is 0.112. The van der Waals surface area contributed by atoms with Crippen LogP contribution in [0.1, 0.15) is 18.1 Å². The maximum absolute atomic E-state index is 5.86. The lowest BCUT2D eigenvalue weighted by Crippen LogP contribution is -2.17. The maximum atomic E-state index is 5.86. The summed E-state index contributed by atoms with van der Waals surface area (Å²) in [6.45, 7) is 2.42. The van der Waals surface area contributed by atoms with Crippen molar-refractivity contribution in [2.75, 3.05) is 7.11 Å². The van der Waals surface area contributed by atoms with E-state index in [1.165, 1.54) is 0 Å². The zero-order valence-corrected chi connectivity index (χ0v) is 13.8. The van der Waals surface area contributed by atoms with Crippen molar-refractivity contribution in [3.63, 3.8) is 0 Å². The summed E-state index contributed by atoms with van der Waals surface area (Å²) in [5.74, 6) is 1.43. The molecule has 1 unspecified atom stereocenters. The van der Waals surface area contributed by atoms with Gasteiger partial charge in [-0.15, -0.1) is 0 Å². The number of nitrogens with zero attached hydrogens (tertiary/aromatic N) is 1. The largest absolute Gasteiger partial charge is 0.493 e. The van der Waals surface area contributed by atoms with E-state index in [0.717, 1.165) is 27.8 Å². The monoisotopic (exact) mass is 350 g/mol. The fraction of sp³-hybridized carbons (Fsp3) is 0.312. The fourth-order valence-electron chi connectivity index (χ4n) is 2.03. The minimum atomic E-state index is 0.112. The topological polar surface area (TPSA) is 57.4 Å². The second-order valence-electron chi connectivity index (χ2n) is 4.97. The summed E-state index contributed by atoms with van der Waals surface area (Å²) in [5, 5.41) is 0. The molecular formula is C16H19BrN2O2. The second-order valence-corrected chi connectivity index (χ2v) is 5.88. The molecule has 0 spiro atoms. The second kappa shape index (κ2) is 7.43. The molecule has 2 N–H and O–H groups in total. The Labute approximate surface area is 133 Å². The van der Waals surface area contributed by atoms with E-state index >= 15 is 0 Å². The van der Waals surface area contributed by atoms with Gasteiger partial charge in [0.15, 0.2) is 11.5 Å². The molecule has 1 atom stereocenters. The molecule has 1 aromatic carbocycles. The highest BCUT2D eigenvalue weighted by molar-refractivity contribution is 9.10. The number of methoxy groups -OCH3 is 1. The quantitative estimate of drug-likeness (QED) is 0.867. The van der Waals surface area contributed by atoms with Crippen LogP contribution in [0.25, 0.3) is 0 Å². The summed E-state index contributed by atoms with van der Waals surface area (Å²) >= 11 is 3.40. The third-order valence-electron chi connectivity index (χ3n) is 2.94. The Morgan fingerprint density at radius 2 is 2.00 bits per heavy atom. The van der Waals surface area contributed by atoms with Crippen molar-refractivity contribution < 1.29 is 9.47 Å². The van der Waals surface area contributed by atoms with Crippen LogP contribution in [0.4, 0.5) is 0 Å². The maximum Gasteiger partial charge on any atom is 0.161 e. The van der Waals surface area contributed by atoms with Gasteiger partial charge in [-0.1, -0.05) is 6.07 Å². The van der Waals surface area contributed by atoms with E-state index < -0.39 is 0 Å². The summed E-state index contributed by atoms with van der Waals surface area (Å²) < 4.78 is 12.1. The Hall–Kier alpha value is -1.59. The van der Waals surface area contributed by atoms with E-state index in [1.807, 2.05) is 31.2 Å². The van der Waals surface area contributed by atoms with Gasteiger partial charge in [-0.2, -0.15) is 0 Å². The molecule has 0 aliphatic heterocycles. The van der Waals surface area contributed by atoms with Gasteiger partial charge in [0.25, 0.3) is 0 Å². The first kappa shape index (κ1) is 15.8. The first-order chi connectivity index (χ1) is 10.1. The third-order valence-corrected chi connectivity index (χ3v) is 3.38. The SMILES string of the molecule is COc1ccc(CC(C)N)cc1OCc1cncc(Br)c1. The molecule has 0 amide bonds. The minimum Gasteiger partial charge on any atom is -0.493 e. The zero-order valence-electron chi connectivity index (χ0n) is 12.2. The number of nitrogens with two attached hydrogens (primary N) is 1. The van der Waals surface area contributed by atoms with Crippen molar-refractivity contribution in [1.82, 2.24) is 4.98 Å². The Bertz CT molecular complexity index is 603. The van der Waals surface area contributed by atoms with Crippen LogP contribution in [0.5, 0.6) is 11.5 Å². The van der Waals surface area contributed by atoms with Crippen molar-refractivity contribution in [3.05, 3.63) is 52.3 Å². The van der Waals surface area contributed by atoms with Crippen molar-refractivity contribution in [2.24, 2.45) is 5.73 Å². The number of aromatic nitrogens is 1. The number of benzene rings is 1. The zero-order chi connectivity index (χ0) is 15.2. The summed E-state index contributed by atoms with van der Waals surface area (Å²) in [6.07, 6.45) is 4.33. The van der Waals surface area contributed by atoms with Crippen LogP contribution < -0.4 is 15.2 Å². The van der Waals surface area contributed by atoms with Crippen LogP contribution in [-0.2, 0) is 13.0 Å². The van der Waals surface area contributed by atoms with Gasteiger partial charge in [-0.3, -0.25) is 4.98 Å². The average molecular weight is 351 g/mol. The van der Waals surface area contributed by atoms with E-state index in [-0.39, 0.29) is 6.04 Å². The number of ether oxygens (including phenoxy) is 2. The summed E-state index contributed by atoms with van der Waals surface area (Å²) in [5.41, 5.74) is 7.96. The van der Waals surface area contributed by atoms with E-state index in [9.17, 15) is 0 Å². The summed E-state index contributed by atoms with van der Waals surface area (Å²) in [6, 6.07) is 7.99. The molecule has 5 heteroatoms. The van der Waals surface area contributed by atoms with Crippen LogP contribution in [0.2, 0.25) is 0 Å². The smallest absolute Gasteiger partial charge is 0.161 e. The molecule has 0 fully saturated rings. The fourth-order valence-corrected chi connectivity index (χ4v) is 2.44. The Balaban J connectivity index is 2.13. The molecule has 0 radical (unpaired) electrons. The van der Waals surface area contributed by atoms with E-state index in [2.05, 4.69) is 20.9 Å². The molecule has 1 aromatic heterocycles. The van der Waals surface area contributed by atoms with Crippen LogP contribution in [0.3, 0.4) is 0 Å². The van der Waals surface area contributed by atoms with Crippen LogP contribution in [-0.4, -0.2) is 18.1 Å². The molecular weight excluding hydrogens is 332 g/mol. The number of halogens is 1. The van der Waals surface area contributed by atoms with Crippen molar-refractivity contribution in [3.8, 4) is 11.5 Å². The van der Waals surface area contributed by atoms with Gasteiger partial charge < -0.3 is 15.2 Å². The molecule has 112 valence electrons. The standard InChI is InChI=1S/C16H19BrN2O2/c1-11(18)5-12-3-4-15(20-2)16(7-12)21-10-13-6-14(17)9-19-8-13/h3-4,6-9,11H,5,10,18H2,1-2H3. The lowest BCUT2D eigenvalue weighted by atomic mass is 10.1. The Morgan fingerprint density at radius 1 is 1.19 bits per heavy atom. The number of rotatable bonds is 6. The van der Waals surface area contributed by atoms with E-state index in [0.29, 0.717) is 12.4 Å². The summed E-state index contributed by atoms with van der Waals surface area (Å²) in [4.78, 5) is 4.12. The molecule has 0 saturated carbocycles. The van der Waals surface area contributed by atoms with Gasteiger partial charge in [0, 0.05) is 28.5 Å². The Kier molecular flexibility index (Phi) is 5.59. The van der Waals surface area contributed by atoms with Gasteiger partial charge in [-0.05, 0) is 53.0 Å². The first-order valence-electron chi connectivity index (χ1n) is 6.73. The lowest BCUT2D eigenvalue weighted by molar-refractivity contribution is 0.283. The number of hydrogen-bond acceptors (Lipinski definition) is 4. The first-order valence-corrected chi connectivity index (χ1v) is 7.52. The molecule has 2 aromatic rings. The van der Waals surface area contributed by atoms with Crippen molar-refractivity contribution in [2.45, 2.75) is 26.0 Å². The van der Waals surface area contributed by atoms with Crippen molar-refractivity contribution in [1.29, 1.82) is 0 Å². The highest BCUT2D eigenvalue weighted by atomic mass is 79.9. The predicted octanol–water partition coefficient (Wildman–Crippen LogP) is 3.32. The normalized spacial score (nSPS) is 12.0.